The quantitative estimate of drug-likeness (QED) is 0.223. The van der Waals surface area contributed by atoms with Crippen molar-refractivity contribution in [3.63, 3.8) is 0 Å². The lowest BCUT2D eigenvalue weighted by atomic mass is 10.0. The average molecular weight is 484 g/mol. The van der Waals surface area contributed by atoms with E-state index >= 15 is 0 Å². The monoisotopic (exact) mass is 483 g/mol. The summed E-state index contributed by atoms with van der Waals surface area (Å²) in [5.74, 6) is 0.861. The van der Waals surface area contributed by atoms with Gasteiger partial charge in [-0.25, -0.2) is 4.31 Å². The first kappa shape index (κ1) is 25.5. The molecule has 2 aliphatic rings. The lowest BCUT2D eigenvalue weighted by Crippen LogP contribution is -2.34. The van der Waals surface area contributed by atoms with Gasteiger partial charge in [0.15, 0.2) is 11.5 Å². The Kier molecular flexibility index (Phi) is 9.98. The second kappa shape index (κ2) is 12.9. The molecule has 2 heterocycles. The van der Waals surface area contributed by atoms with Crippen LogP contribution in [-0.2, 0) is 5.79 Å². The highest BCUT2D eigenvalue weighted by Gasteiger charge is 2.42. The van der Waals surface area contributed by atoms with E-state index in [0.29, 0.717) is 5.02 Å². The fourth-order valence-electron chi connectivity index (χ4n) is 3.75. The van der Waals surface area contributed by atoms with E-state index < -0.39 is 5.79 Å². The number of hydrogen-bond donors (Lipinski definition) is 0. The minimum absolute atomic E-state index is 0.714. The molecule has 33 heavy (non-hydrogen) atoms. The fraction of sp³-hybridized carbons (Fsp3) is 0.357. The number of halogens is 1. The molecule has 0 aromatic heterocycles. The van der Waals surface area contributed by atoms with Gasteiger partial charge in [0.2, 0.25) is 0 Å². The predicted octanol–water partition coefficient (Wildman–Crippen LogP) is 8.56. The second-order valence-electron chi connectivity index (χ2n) is 7.98. The van der Waals surface area contributed by atoms with Gasteiger partial charge < -0.3 is 9.47 Å². The van der Waals surface area contributed by atoms with Crippen molar-refractivity contribution < 1.29 is 9.47 Å². The number of piperidine rings is 1. The van der Waals surface area contributed by atoms with Crippen LogP contribution in [0.2, 0.25) is 5.02 Å². The van der Waals surface area contributed by atoms with E-state index in [1.54, 1.807) is 6.08 Å². The molecule has 0 N–H and O–H groups in total. The minimum Gasteiger partial charge on any atom is -0.444 e. The Labute approximate surface area is 208 Å². The zero-order valence-corrected chi connectivity index (χ0v) is 21.2. The Balaban J connectivity index is 0.000000331. The second-order valence-corrected chi connectivity index (χ2v) is 9.58. The molecule has 2 aliphatic heterocycles. The number of allylic oxidation sites excluding steroid dienone is 5. The summed E-state index contributed by atoms with van der Waals surface area (Å²) in [7, 11) is 0. The molecule has 4 rings (SSSR count). The Hall–Kier alpha value is -2.14. The van der Waals surface area contributed by atoms with Gasteiger partial charge in [-0.05, 0) is 80.6 Å². The summed E-state index contributed by atoms with van der Waals surface area (Å²) in [6, 6.07) is 13.9. The minimum atomic E-state index is -0.763. The highest BCUT2D eigenvalue weighted by atomic mass is 35.5. The maximum absolute atomic E-state index is 6.30. The number of fused-ring (bicyclic) bond motifs is 1. The first-order chi connectivity index (χ1) is 16.1. The van der Waals surface area contributed by atoms with E-state index in [2.05, 4.69) is 42.1 Å². The molecule has 1 saturated heterocycles. The summed E-state index contributed by atoms with van der Waals surface area (Å²) in [5.41, 5.74) is 0.987. The maximum atomic E-state index is 6.30. The van der Waals surface area contributed by atoms with Crippen LogP contribution in [-0.4, -0.2) is 17.4 Å². The van der Waals surface area contributed by atoms with E-state index in [9.17, 15) is 0 Å². The van der Waals surface area contributed by atoms with Gasteiger partial charge in [0, 0.05) is 35.0 Å². The summed E-state index contributed by atoms with van der Waals surface area (Å²) in [5, 5.41) is 0.714. The predicted molar refractivity (Wildman–Crippen MR) is 141 cm³/mol. The molecule has 3 nitrogen and oxygen atoms in total. The number of hydrogen-bond acceptors (Lipinski definition) is 4. The summed E-state index contributed by atoms with van der Waals surface area (Å²) >= 11 is 7.84. The van der Waals surface area contributed by atoms with Crippen molar-refractivity contribution in [2.45, 2.75) is 56.6 Å². The summed E-state index contributed by atoms with van der Waals surface area (Å²) in [6.07, 6.45) is 15.6. The van der Waals surface area contributed by atoms with Crippen molar-refractivity contribution in [2.24, 2.45) is 0 Å². The number of ether oxygens (including phenoxy) is 2. The van der Waals surface area contributed by atoms with Crippen LogP contribution in [0.4, 0.5) is 0 Å². The van der Waals surface area contributed by atoms with Crippen LogP contribution in [0.1, 0.15) is 51.5 Å². The highest BCUT2D eigenvalue weighted by Crippen LogP contribution is 2.47. The van der Waals surface area contributed by atoms with Crippen molar-refractivity contribution in [3.8, 4) is 11.5 Å². The van der Waals surface area contributed by atoms with Crippen LogP contribution in [0.3, 0.4) is 0 Å². The smallest absolute Gasteiger partial charge is 0.278 e. The van der Waals surface area contributed by atoms with Crippen LogP contribution in [0, 0.1) is 0 Å². The Morgan fingerprint density at radius 3 is 2.42 bits per heavy atom. The normalized spacial score (nSPS) is 20.1. The van der Waals surface area contributed by atoms with Gasteiger partial charge in [-0.1, -0.05) is 61.9 Å². The molecule has 1 atom stereocenters. The summed E-state index contributed by atoms with van der Waals surface area (Å²) < 4.78 is 15.0. The first-order valence-electron chi connectivity index (χ1n) is 11.7. The molecular formula is C28H34ClNO2S. The average Bonchev–Trinajstić information content (AvgIpc) is 3.23. The largest absolute Gasteiger partial charge is 0.444 e. The van der Waals surface area contributed by atoms with E-state index in [1.807, 2.05) is 61.4 Å². The molecule has 176 valence electrons. The van der Waals surface area contributed by atoms with E-state index in [-0.39, 0.29) is 0 Å². The first-order valence-corrected chi connectivity index (χ1v) is 12.8. The topological polar surface area (TPSA) is 21.7 Å². The van der Waals surface area contributed by atoms with Gasteiger partial charge >= 0.3 is 0 Å². The molecule has 5 heteroatoms. The molecule has 0 saturated carbocycles. The zero-order valence-electron chi connectivity index (χ0n) is 19.6. The van der Waals surface area contributed by atoms with Gasteiger partial charge in [0.05, 0.1) is 0 Å². The molecule has 0 bridgehead atoms. The number of rotatable bonds is 7. The molecule has 0 radical (unpaired) electrons. The van der Waals surface area contributed by atoms with Gasteiger partial charge in [-0.2, -0.15) is 0 Å². The van der Waals surface area contributed by atoms with Crippen LogP contribution in [0.25, 0.3) is 0 Å². The van der Waals surface area contributed by atoms with Gasteiger partial charge in [0.1, 0.15) is 0 Å². The van der Waals surface area contributed by atoms with Gasteiger partial charge in [-0.3, -0.25) is 0 Å². The Bertz CT molecular complexity index is 951. The van der Waals surface area contributed by atoms with E-state index in [0.717, 1.165) is 43.0 Å². The number of nitrogens with zero attached hydrogens (tertiary/aromatic N) is 1. The van der Waals surface area contributed by atoms with Crippen molar-refractivity contribution in [2.75, 3.05) is 13.1 Å². The third-order valence-electron chi connectivity index (χ3n) is 5.54. The molecule has 0 amide bonds. The van der Waals surface area contributed by atoms with Gasteiger partial charge in [-0.15, -0.1) is 0 Å². The van der Waals surface area contributed by atoms with Gasteiger partial charge in [0.25, 0.3) is 5.79 Å². The molecule has 2 aromatic carbocycles. The van der Waals surface area contributed by atoms with Crippen molar-refractivity contribution in [1.82, 2.24) is 4.31 Å². The fourth-order valence-corrected chi connectivity index (χ4v) is 4.90. The van der Waals surface area contributed by atoms with Crippen molar-refractivity contribution in [3.05, 3.63) is 90.0 Å². The highest BCUT2D eigenvalue weighted by molar-refractivity contribution is 7.97. The molecule has 0 aliphatic carbocycles. The lowest BCUT2D eigenvalue weighted by Gasteiger charge is -2.26. The third-order valence-corrected chi connectivity index (χ3v) is 6.88. The number of benzene rings is 2. The molecular weight excluding hydrogens is 450 g/mol. The summed E-state index contributed by atoms with van der Waals surface area (Å²) in [4.78, 5) is 1.20. The van der Waals surface area contributed by atoms with Crippen molar-refractivity contribution in [1.29, 1.82) is 0 Å². The Morgan fingerprint density at radius 1 is 1.03 bits per heavy atom. The SMILES string of the molecule is C=C/C=C\C/C=C\C.CCC1(c2ccc(Cl)cc2)Oc2ccc(SN3CCCCC3)cc2O1. The van der Waals surface area contributed by atoms with Crippen LogP contribution in [0.5, 0.6) is 11.5 Å². The van der Waals surface area contributed by atoms with Crippen LogP contribution in [0.15, 0.2) is 84.3 Å². The summed E-state index contributed by atoms with van der Waals surface area (Å²) in [6.45, 7) is 9.95. The third kappa shape index (κ3) is 7.17. The lowest BCUT2D eigenvalue weighted by molar-refractivity contribution is -0.0891. The van der Waals surface area contributed by atoms with Crippen molar-refractivity contribution >= 4 is 23.5 Å². The maximum Gasteiger partial charge on any atom is 0.278 e. The standard InChI is InChI=1S/C20H22ClNO2S.C8H12/c1-2-20(15-6-8-16(21)9-7-15)23-18-11-10-17(14-19(18)24-20)25-22-12-4-3-5-13-22;1-3-5-7-8-6-4-2/h6-11,14H,2-5,12-13H2,1H3;3-7H,1,8H2,2H3/b;6-4-,7-5-. The van der Waals surface area contributed by atoms with E-state index in [4.69, 9.17) is 21.1 Å². The molecule has 2 aromatic rings. The van der Waals surface area contributed by atoms with E-state index in [1.165, 1.54) is 24.2 Å². The molecule has 1 unspecified atom stereocenters. The zero-order chi connectivity index (χ0) is 23.5. The Morgan fingerprint density at radius 2 is 1.76 bits per heavy atom. The van der Waals surface area contributed by atoms with Crippen LogP contribution >= 0.6 is 23.5 Å². The molecule has 1 fully saturated rings. The van der Waals surface area contributed by atoms with Crippen LogP contribution < -0.4 is 9.47 Å². The molecule has 0 spiro atoms.